The summed E-state index contributed by atoms with van der Waals surface area (Å²) in [6.45, 7) is 5.94. The average molecular weight is 419 g/mol. The summed E-state index contributed by atoms with van der Waals surface area (Å²) in [6.07, 6.45) is 4.54. The van der Waals surface area contributed by atoms with Crippen molar-refractivity contribution in [3.05, 3.63) is 86.9 Å². The molecule has 6 nitrogen and oxygen atoms in total. The highest BCUT2D eigenvalue weighted by Crippen LogP contribution is 2.32. The lowest BCUT2D eigenvalue weighted by atomic mass is 10.1. The van der Waals surface area contributed by atoms with E-state index in [-0.39, 0.29) is 11.5 Å². The molecular formula is C23H22N4O2S. The van der Waals surface area contributed by atoms with Crippen molar-refractivity contribution in [3.63, 3.8) is 0 Å². The molecule has 0 saturated heterocycles. The number of aromatic amines is 1. The van der Waals surface area contributed by atoms with Gasteiger partial charge in [0.05, 0.1) is 5.56 Å². The molecule has 4 rings (SSSR count). The fourth-order valence-corrected chi connectivity index (χ4v) is 4.41. The Labute approximate surface area is 178 Å². The second kappa shape index (κ2) is 8.12. The zero-order valence-electron chi connectivity index (χ0n) is 17.0. The van der Waals surface area contributed by atoms with Gasteiger partial charge in [0, 0.05) is 40.3 Å². The Kier molecular flexibility index (Phi) is 5.37. The Morgan fingerprint density at radius 1 is 1.17 bits per heavy atom. The monoisotopic (exact) mass is 418 g/mol. The van der Waals surface area contributed by atoms with Crippen LogP contribution in [0.25, 0.3) is 16.4 Å². The topological polar surface area (TPSA) is 79.8 Å². The molecule has 0 radical (unpaired) electrons. The third kappa shape index (κ3) is 3.84. The molecule has 30 heavy (non-hydrogen) atoms. The maximum absolute atomic E-state index is 13.2. The molecule has 0 atom stereocenters. The number of aromatic nitrogens is 3. The molecular weight excluding hydrogens is 396 g/mol. The molecule has 2 N–H and O–H groups in total. The smallest absolute Gasteiger partial charge is 0.258 e. The first-order chi connectivity index (χ1) is 14.5. The van der Waals surface area contributed by atoms with Gasteiger partial charge in [0.15, 0.2) is 0 Å². The van der Waals surface area contributed by atoms with Crippen LogP contribution in [0.5, 0.6) is 0 Å². The van der Waals surface area contributed by atoms with E-state index in [4.69, 9.17) is 0 Å². The first-order valence-electron chi connectivity index (χ1n) is 9.71. The number of carbonyl (C=O) groups is 1. The summed E-state index contributed by atoms with van der Waals surface area (Å²) in [6, 6.07) is 12.7. The van der Waals surface area contributed by atoms with Gasteiger partial charge in [-0.25, -0.2) is 4.98 Å². The zero-order chi connectivity index (χ0) is 21.3. The predicted molar refractivity (Wildman–Crippen MR) is 121 cm³/mol. The lowest BCUT2D eigenvalue weighted by Gasteiger charge is -2.10. The van der Waals surface area contributed by atoms with Crippen LogP contribution in [-0.2, 0) is 6.42 Å². The van der Waals surface area contributed by atoms with E-state index in [0.717, 1.165) is 26.7 Å². The summed E-state index contributed by atoms with van der Waals surface area (Å²) in [7, 11) is 0. The van der Waals surface area contributed by atoms with E-state index in [2.05, 4.69) is 15.3 Å². The molecule has 7 heteroatoms. The van der Waals surface area contributed by atoms with E-state index in [9.17, 15) is 9.59 Å². The van der Waals surface area contributed by atoms with Crippen molar-refractivity contribution in [2.75, 3.05) is 5.32 Å². The van der Waals surface area contributed by atoms with E-state index in [1.165, 1.54) is 6.07 Å². The number of thiophene rings is 1. The van der Waals surface area contributed by atoms with Gasteiger partial charge in [-0.2, -0.15) is 0 Å². The fraction of sp³-hybridized carbons (Fsp3) is 0.174. The van der Waals surface area contributed by atoms with E-state index >= 15 is 0 Å². The molecule has 152 valence electrons. The summed E-state index contributed by atoms with van der Waals surface area (Å²) in [5, 5.41) is 3.90. The SMILES string of the molecule is CCc1cc(=O)[nH]c(-c2cccc(NC(=O)c3c(-n4cccc4)sc(C)c3C)c2)n1. The van der Waals surface area contributed by atoms with Crippen molar-refractivity contribution >= 4 is 22.9 Å². The van der Waals surface area contributed by atoms with Gasteiger partial charge in [-0.05, 0) is 50.1 Å². The van der Waals surface area contributed by atoms with Crippen LogP contribution >= 0.6 is 11.3 Å². The molecule has 0 fully saturated rings. The standard InChI is InChI=1S/C23H22N4O2S/c1-4-17-13-19(28)26-21(24-17)16-8-7-9-18(12-16)25-22(29)20-14(2)15(3)30-23(20)27-10-5-6-11-27/h5-13H,4H2,1-3H3,(H,25,29)(H,24,26,28). The van der Waals surface area contributed by atoms with Gasteiger partial charge in [-0.3, -0.25) is 9.59 Å². The van der Waals surface area contributed by atoms with Gasteiger partial charge < -0.3 is 14.9 Å². The van der Waals surface area contributed by atoms with Gasteiger partial charge in [0.2, 0.25) is 0 Å². The van der Waals surface area contributed by atoms with Crippen LogP contribution in [0.2, 0.25) is 0 Å². The van der Waals surface area contributed by atoms with Crippen LogP contribution in [0.4, 0.5) is 5.69 Å². The summed E-state index contributed by atoms with van der Waals surface area (Å²) in [5.74, 6) is 0.326. The highest BCUT2D eigenvalue weighted by molar-refractivity contribution is 7.15. The first-order valence-corrected chi connectivity index (χ1v) is 10.5. The van der Waals surface area contributed by atoms with Crippen LogP contribution < -0.4 is 10.9 Å². The van der Waals surface area contributed by atoms with Crippen LogP contribution in [0.15, 0.2) is 59.7 Å². The Morgan fingerprint density at radius 3 is 2.67 bits per heavy atom. The summed E-state index contributed by atoms with van der Waals surface area (Å²) >= 11 is 1.60. The molecule has 0 unspecified atom stereocenters. The number of nitrogens with zero attached hydrogens (tertiary/aromatic N) is 2. The number of carbonyl (C=O) groups excluding carboxylic acids is 1. The molecule has 0 aliphatic heterocycles. The first kappa shape index (κ1) is 19.8. The van der Waals surface area contributed by atoms with E-state index < -0.39 is 0 Å². The number of aryl methyl sites for hydroxylation is 2. The third-order valence-electron chi connectivity index (χ3n) is 4.98. The molecule has 3 aromatic heterocycles. The highest BCUT2D eigenvalue weighted by atomic mass is 32.1. The highest BCUT2D eigenvalue weighted by Gasteiger charge is 2.20. The second-order valence-electron chi connectivity index (χ2n) is 7.03. The molecule has 0 aliphatic carbocycles. The quantitative estimate of drug-likeness (QED) is 0.492. The Morgan fingerprint density at radius 2 is 1.93 bits per heavy atom. The predicted octanol–water partition coefficient (Wildman–Crippen LogP) is 4.72. The van der Waals surface area contributed by atoms with Gasteiger partial charge >= 0.3 is 0 Å². The maximum atomic E-state index is 13.2. The lowest BCUT2D eigenvalue weighted by Crippen LogP contribution is -2.15. The van der Waals surface area contributed by atoms with Crippen LogP contribution in [0.1, 0.15) is 33.4 Å². The molecule has 1 amide bonds. The molecule has 4 aromatic rings. The van der Waals surface area contributed by atoms with Gasteiger partial charge in [-0.1, -0.05) is 19.1 Å². The van der Waals surface area contributed by atoms with Crippen molar-refractivity contribution in [2.45, 2.75) is 27.2 Å². The number of benzene rings is 1. The normalized spacial score (nSPS) is 10.9. The third-order valence-corrected chi connectivity index (χ3v) is 6.20. The average Bonchev–Trinajstić information content (AvgIpc) is 3.36. The zero-order valence-corrected chi connectivity index (χ0v) is 17.8. The molecule has 0 spiro atoms. The van der Waals surface area contributed by atoms with Crippen LogP contribution in [0, 0.1) is 13.8 Å². The minimum atomic E-state index is -0.188. The number of H-pyrrole nitrogens is 1. The van der Waals surface area contributed by atoms with E-state index in [1.807, 2.05) is 74.1 Å². The minimum Gasteiger partial charge on any atom is -0.322 e. The Balaban J connectivity index is 1.67. The lowest BCUT2D eigenvalue weighted by molar-refractivity contribution is 0.102. The summed E-state index contributed by atoms with van der Waals surface area (Å²) in [4.78, 5) is 33.5. The van der Waals surface area contributed by atoms with Crippen molar-refractivity contribution in [2.24, 2.45) is 0 Å². The molecule has 1 aromatic carbocycles. The maximum Gasteiger partial charge on any atom is 0.258 e. The van der Waals surface area contributed by atoms with Crippen LogP contribution in [-0.4, -0.2) is 20.4 Å². The number of amides is 1. The van der Waals surface area contributed by atoms with Crippen molar-refractivity contribution in [1.29, 1.82) is 0 Å². The van der Waals surface area contributed by atoms with Crippen molar-refractivity contribution in [1.82, 2.24) is 14.5 Å². The van der Waals surface area contributed by atoms with Crippen molar-refractivity contribution < 1.29 is 4.79 Å². The van der Waals surface area contributed by atoms with Gasteiger partial charge in [0.1, 0.15) is 10.8 Å². The Hall–Kier alpha value is -3.45. The second-order valence-corrected chi connectivity index (χ2v) is 8.23. The number of hydrogen-bond donors (Lipinski definition) is 2. The van der Waals surface area contributed by atoms with E-state index in [0.29, 0.717) is 23.5 Å². The van der Waals surface area contributed by atoms with E-state index in [1.54, 1.807) is 11.3 Å². The largest absolute Gasteiger partial charge is 0.322 e. The molecule has 0 saturated carbocycles. The minimum absolute atomic E-state index is 0.165. The number of rotatable bonds is 5. The molecule has 0 aliphatic rings. The number of hydrogen-bond acceptors (Lipinski definition) is 4. The van der Waals surface area contributed by atoms with Gasteiger partial charge in [0.25, 0.3) is 11.5 Å². The number of anilines is 1. The molecule has 0 bridgehead atoms. The van der Waals surface area contributed by atoms with Crippen molar-refractivity contribution in [3.8, 4) is 16.4 Å². The Bertz CT molecular complexity index is 1270. The summed E-state index contributed by atoms with van der Waals surface area (Å²) in [5.41, 5.74) is 3.56. The fourth-order valence-electron chi connectivity index (χ4n) is 3.29. The summed E-state index contributed by atoms with van der Waals surface area (Å²) < 4.78 is 1.96. The molecule has 3 heterocycles. The number of nitrogens with one attached hydrogen (secondary N) is 2. The van der Waals surface area contributed by atoms with Crippen LogP contribution in [0.3, 0.4) is 0 Å². The van der Waals surface area contributed by atoms with Gasteiger partial charge in [-0.15, -0.1) is 11.3 Å².